The summed E-state index contributed by atoms with van der Waals surface area (Å²) in [6, 6.07) is 0. The highest BCUT2D eigenvalue weighted by atomic mass is 19.4. The largest absolute Gasteiger partial charge is 0.426 e. The van der Waals surface area contributed by atoms with Gasteiger partial charge in [0.25, 0.3) is 5.60 Å². The van der Waals surface area contributed by atoms with Gasteiger partial charge >= 0.3 is 12.4 Å². The van der Waals surface area contributed by atoms with Crippen molar-refractivity contribution in [2.75, 3.05) is 0 Å². The van der Waals surface area contributed by atoms with E-state index in [-0.39, 0.29) is 12.8 Å². The minimum atomic E-state index is -5.68. The molecule has 1 nitrogen and oxygen atoms in total. The van der Waals surface area contributed by atoms with Gasteiger partial charge in [-0.25, -0.2) is 0 Å². The van der Waals surface area contributed by atoms with E-state index in [1.807, 2.05) is 6.92 Å². The highest BCUT2D eigenvalue weighted by Gasteiger charge is 2.69. The highest BCUT2D eigenvalue weighted by molar-refractivity contribution is 4.93. The summed E-state index contributed by atoms with van der Waals surface area (Å²) < 4.78 is 73.2. The van der Waals surface area contributed by atoms with Crippen molar-refractivity contribution >= 4 is 0 Å². The van der Waals surface area contributed by atoms with Gasteiger partial charge < -0.3 is 5.11 Å². The number of halogens is 6. The lowest BCUT2D eigenvalue weighted by atomic mass is 9.94. The molecule has 0 aromatic heterocycles. The Bertz CT molecular complexity index is 206. The first-order chi connectivity index (χ1) is 7.56. The number of hydrogen-bond acceptors (Lipinski definition) is 1. The zero-order valence-electron chi connectivity index (χ0n) is 9.46. The lowest BCUT2D eigenvalue weighted by Gasteiger charge is -2.32. The standard InChI is InChI=1S/C10H16F6O/c1-2-3-4-5-6-7-8(17,9(11,12)13)10(14,15)16/h17H,2-7H2,1H3. The van der Waals surface area contributed by atoms with Crippen LogP contribution in [-0.4, -0.2) is 23.1 Å². The molecule has 0 bridgehead atoms. The zero-order chi connectivity index (χ0) is 13.7. The maximum Gasteiger partial charge on any atom is 0.426 e. The van der Waals surface area contributed by atoms with Crippen LogP contribution in [0.1, 0.15) is 45.4 Å². The summed E-state index contributed by atoms with van der Waals surface area (Å²) >= 11 is 0. The van der Waals surface area contributed by atoms with E-state index < -0.39 is 24.4 Å². The smallest absolute Gasteiger partial charge is 0.374 e. The summed E-state index contributed by atoms with van der Waals surface area (Å²) in [6.07, 6.45) is -10.6. The van der Waals surface area contributed by atoms with Gasteiger partial charge in [-0.2, -0.15) is 26.3 Å². The van der Waals surface area contributed by atoms with Crippen LogP contribution in [0.2, 0.25) is 0 Å². The van der Waals surface area contributed by atoms with Crippen LogP contribution in [-0.2, 0) is 0 Å². The van der Waals surface area contributed by atoms with Crippen molar-refractivity contribution in [3.05, 3.63) is 0 Å². The Morgan fingerprint density at radius 1 is 0.765 bits per heavy atom. The van der Waals surface area contributed by atoms with E-state index in [1.54, 1.807) is 0 Å². The van der Waals surface area contributed by atoms with Gasteiger partial charge in [-0.05, 0) is 12.8 Å². The number of aliphatic hydroxyl groups is 1. The molecule has 0 rings (SSSR count). The van der Waals surface area contributed by atoms with Crippen LogP contribution >= 0.6 is 0 Å². The monoisotopic (exact) mass is 266 g/mol. The van der Waals surface area contributed by atoms with Crippen LogP contribution in [0.5, 0.6) is 0 Å². The molecule has 0 fully saturated rings. The molecule has 0 heterocycles. The molecule has 0 aliphatic heterocycles. The average molecular weight is 266 g/mol. The molecule has 7 heteroatoms. The fraction of sp³-hybridized carbons (Fsp3) is 1.00. The van der Waals surface area contributed by atoms with E-state index in [4.69, 9.17) is 5.11 Å². The zero-order valence-corrected chi connectivity index (χ0v) is 9.46. The van der Waals surface area contributed by atoms with Crippen molar-refractivity contribution in [1.82, 2.24) is 0 Å². The first kappa shape index (κ1) is 16.5. The average Bonchev–Trinajstić information content (AvgIpc) is 2.13. The molecule has 0 aliphatic rings. The highest BCUT2D eigenvalue weighted by Crippen LogP contribution is 2.46. The first-order valence-corrected chi connectivity index (χ1v) is 5.42. The van der Waals surface area contributed by atoms with E-state index in [9.17, 15) is 26.3 Å². The van der Waals surface area contributed by atoms with Crippen LogP contribution in [0.15, 0.2) is 0 Å². The Morgan fingerprint density at radius 2 is 1.18 bits per heavy atom. The lowest BCUT2D eigenvalue weighted by Crippen LogP contribution is -2.56. The molecule has 1 N–H and O–H groups in total. The van der Waals surface area contributed by atoms with Gasteiger partial charge in [0.2, 0.25) is 0 Å². The first-order valence-electron chi connectivity index (χ1n) is 5.42. The summed E-state index contributed by atoms with van der Waals surface area (Å²) in [6.45, 7) is 1.88. The van der Waals surface area contributed by atoms with Crippen molar-refractivity contribution in [1.29, 1.82) is 0 Å². The number of unbranched alkanes of at least 4 members (excludes halogenated alkanes) is 4. The Balaban J connectivity index is 4.44. The number of hydrogen-bond donors (Lipinski definition) is 1. The lowest BCUT2D eigenvalue weighted by molar-refractivity contribution is -0.370. The molecule has 104 valence electrons. The summed E-state index contributed by atoms with van der Waals surface area (Å²) in [5, 5.41) is 8.79. The molecule has 0 atom stereocenters. The Labute approximate surface area is 95.8 Å². The second-order valence-corrected chi connectivity index (χ2v) is 4.02. The molecule has 17 heavy (non-hydrogen) atoms. The molecule has 0 aromatic rings. The summed E-state index contributed by atoms with van der Waals surface area (Å²) in [7, 11) is 0. The third-order valence-corrected chi connectivity index (χ3v) is 2.58. The fourth-order valence-electron chi connectivity index (χ4n) is 1.43. The molecule has 0 amide bonds. The Kier molecular flexibility index (Phi) is 5.77. The molecular formula is C10H16F6O. The molecule has 0 spiro atoms. The third kappa shape index (κ3) is 4.37. The topological polar surface area (TPSA) is 20.2 Å². The SMILES string of the molecule is CCCCCCCC(O)(C(F)(F)F)C(F)(F)F. The Hall–Kier alpha value is -0.460. The quantitative estimate of drug-likeness (QED) is 0.564. The number of rotatable bonds is 6. The van der Waals surface area contributed by atoms with Gasteiger partial charge in [0.1, 0.15) is 0 Å². The fourth-order valence-corrected chi connectivity index (χ4v) is 1.43. The third-order valence-electron chi connectivity index (χ3n) is 2.58. The van der Waals surface area contributed by atoms with E-state index in [0.717, 1.165) is 12.8 Å². The Morgan fingerprint density at radius 3 is 1.53 bits per heavy atom. The summed E-state index contributed by atoms with van der Waals surface area (Å²) in [4.78, 5) is 0. The molecule has 0 aliphatic carbocycles. The van der Waals surface area contributed by atoms with Crippen molar-refractivity contribution in [2.45, 2.75) is 63.4 Å². The molecule has 0 aromatic carbocycles. The normalized spacial score (nSPS) is 14.1. The van der Waals surface area contributed by atoms with Crippen molar-refractivity contribution in [3.63, 3.8) is 0 Å². The van der Waals surface area contributed by atoms with Crippen LogP contribution in [0, 0.1) is 0 Å². The van der Waals surface area contributed by atoms with Gasteiger partial charge in [-0.15, -0.1) is 0 Å². The molecular weight excluding hydrogens is 250 g/mol. The second kappa shape index (κ2) is 5.93. The van der Waals surface area contributed by atoms with Crippen molar-refractivity contribution < 1.29 is 31.4 Å². The van der Waals surface area contributed by atoms with Gasteiger partial charge in [0.05, 0.1) is 0 Å². The van der Waals surface area contributed by atoms with E-state index in [0.29, 0.717) is 6.42 Å². The maximum absolute atomic E-state index is 12.2. The summed E-state index contributed by atoms with van der Waals surface area (Å²) in [5.41, 5.74) is -4.58. The van der Waals surface area contributed by atoms with Gasteiger partial charge in [-0.1, -0.05) is 32.6 Å². The van der Waals surface area contributed by atoms with Crippen molar-refractivity contribution in [2.24, 2.45) is 0 Å². The van der Waals surface area contributed by atoms with Crippen LogP contribution in [0.3, 0.4) is 0 Å². The van der Waals surface area contributed by atoms with Gasteiger partial charge in [0.15, 0.2) is 0 Å². The van der Waals surface area contributed by atoms with Gasteiger partial charge in [-0.3, -0.25) is 0 Å². The summed E-state index contributed by atoms with van der Waals surface area (Å²) in [5.74, 6) is 0. The second-order valence-electron chi connectivity index (χ2n) is 4.02. The van der Waals surface area contributed by atoms with Gasteiger partial charge in [0, 0.05) is 0 Å². The minimum absolute atomic E-state index is 0.252. The van der Waals surface area contributed by atoms with E-state index in [2.05, 4.69) is 0 Å². The molecule has 0 saturated heterocycles. The van der Waals surface area contributed by atoms with Crippen LogP contribution < -0.4 is 0 Å². The van der Waals surface area contributed by atoms with Crippen LogP contribution in [0.4, 0.5) is 26.3 Å². The molecule has 0 unspecified atom stereocenters. The predicted octanol–water partition coefficient (Wildman–Crippen LogP) is 4.20. The molecule has 0 saturated carbocycles. The van der Waals surface area contributed by atoms with Crippen molar-refractivity contribution in [3.8, 4) is 0 Å². The van der Waals surface area contributed by atoms with Crippen LogP contribution in [0.25, 0.3) is 0 Å². The van der Waals surface area contributed by atoms with E-state index >= 15 is 0 Å². The predicted molar refractivity (Wildman–Crippen MR) is 50.4 cm³/mol. The number of alkyl halides is 6. The minimum Gasteiger partial charge on any atom is -0.374 e. The molecule has 0 radical (unpaired) electrons. The van der Waals surface area contributed by atoms with E-state index in [1.165, 1.54) is 0 Å². The maximum atomic E-state index is 12.2.